The Hall–Kier alpha value is -1.77. The number of aryl methyl sites for hydroxylation is 1. The first-order valence-electron chi connectivity index (χ1n) is 5.18. The Bertz CT molecular complexity index is 393. The Morgan fingerprint density at radius 1 is 1.38 bits per heavy atom. The molecule has 0 saturated carbocycles. The summed E-state index contributed by atoms with van der Waals surface area (Å²) in [5.74, 6) is -0.864. The van der Waals surface area contributed by atoms with Gasteiger partial charge in [-0.25, -0.2) is 4.79 Å². The van der Waals surface area contributed by atoms with Crippen LogP contribution >= 0.6 is 0 Å². The first-order valence-corrected chi connectivity index (χ1v) is 5.18. The minimum Gasteiger partial charge on any atom is -0.478 e. The van der Waals surface area contributed by atoms with Crippen molar-refractivity contribution in [3.8, 4) is 0 Å². The van der Waals surface area contributed by atoms with Crippen molar-refractivity contribution in [2.75, 3.05) is 18.5 Å². The molecule has 0 aromatic heterocycles. The van der Waals surface area contributed by atoms with E-state index in [1.807, 2.05) is 43.1 Å². The SMILES string of the molecule is CC(=CCN(C)c1ccc(C)cc1)C(=O)O. The second kappa shape index (κ2) is 5.35. The largest absolute Gasteiger partial charge is 0.478 e. The van der Waals surface area contributed by atoms with E-state index in [2.05, 4.69) is 0 Å². The second-order valence-electron chi connectivity index (χ2n) is 3.91. The van der Waals surface area contributed by atoms with Crippen LogP contribution in [0.3, 0.4) is 0 Å². The van der Waals surface area contributed by atoms with Gasteiger partial charge in [0, 0.05) is 24.9 Å². The highest BCUT2D eigenvalue weighted by Crippen LogP contribution is 2.13. The van der Waals surface area contributed by atoms with Crippen molar-refractivity contribution in [1.82, 2.24) is 0 Å². The first kappa shape index (κ1) is 12.3. The number of likely N-dealkylation sites (N-methyl/N-ethyl adjacent to an activating group) is 1. The molecule has 0 radical (unpaired) electrons. The Morgan fingerprint density at radius 2 is 1.94 bits per heavy atom. The minimum atomic E-state index is -0.864. The number of carbonyl (C=O) groups is 1. The monoisotopic (exact) mass is 219 g/mol. The number of anilines is 1. The zero-order valence-electron chi connectivity index (χ0n) is 9.90. The standard InChI is InChI=1S/C13H17NO2/c1-10-4-6-12(7-5-10)14(3)9-8-11(2)13(15)16/h4-8H,9H2,1-3H3,(H,15,16). The Labute approximate surface area is 96.0 Å². The summed E-state index contributed by atoms with van der Waals surface area (Å²) >= 11 is 0. The third kappa shape index (κ3) is 3.42. The highest BCUT2D eigenvalue weighted by molar-refractivity contribution is 5.85. The highest BCUT2D eigenvalue weighted by Gasteiger charge is 2.01. The topological polar surface area (TPSA) is 40.5 Å². The van der Waals surface area contributed by atoms with Crippen molar-refractivity contribution in [2.24, 2.45) is 0 Å². The van der Waals surface area contributed by atoms with Gasteiger partial charge >= 0.3 is 5.97 Å². The molecule has 0 atom stereocenters. The molecule has 0 spiro atoms. The fourth-order valence-electron chi connectivity index (χ4n) is 1.27. The summed E-state index contributed by atoms with van der Waals surface area (Å²) in [5, 5.41) is 8.72. The van der Waals surface area contributed by atoms with Gasteiger partial charge in [-0.1, -0.05) is 23.8 Å². The summed E-state index contributed by atoms with van der Waals surface area (Å²) in [6, 6.07) is 8.14. The van der Waals surface area contributed by atoms with Crippen molar-refractivity contribution in [2.45, 2.75) is 13.8 Å². The summed E-state index contributed by atoms with van der Waals surface area (Å²) in [4.78, 5) is 12.6. The average Bonchev–Trinajstić information content (AvgIpc) is 2.26. The van der Waals surface area contributed by atoms with Gasteiger partial charge in [0.2, 0.25) is 0 Å². The maximum Gasteiger partial charge on any atom is 0.331 e. The second-order valence-corrected chi connectivity index (χ2v) is 3.91. The predicted molar refractivity (Wildman–Crippen MR) is 65.8 cm³/mol. The molecule has 86 valence electrons. The number of carboxylic acids is 1. The zero-order valence-corrected chi connectivity index (χ0v) is 9.90. The van der Waals surface area contributed by atoms with Crippen LogP contribution < -0.4 is 4.90 Å². The fourth-order valence-corrected chi connectivity index (χ4v) is 1.27. The van der Waals surface area contributed by atoms with Crippen LogP contribution in [0.4, 0.5) is 5.69 Å². The highest BCUT2D eigenvalue weighted by atomic mass is 16.4. The van der Waals surface area contributed by atoms with E-state index >= 15 is 0 Å². The van der Waals surface area contributed by atoms with E-state index in [9.17, 15) is 4.79 Å². The Morgan fingerprint density at radius 3 is 2.44 bits per heavy atom. The van der Waals surface area contributed by atoms with Crippen LogP contribution in [0.25, 0.3) is 0 Å². The summed E-state index contributed by atoms with van der Waals surface area (Å²) in [5.41, 5.74) is 2.67. The smallest absolute Gasteiger partial charge is 0.331 e. The van der Waals surface area contributed by atoms with E-state index in [0.29, 0.717) is 12.1 Å². The molecule has 1 N–H and O–H groups in total. The normalized spacial score (nSPS) is 11.3. The van der Waals surface area contributed by atoms with Gasteiger partial charge in [0.15, 0.2) is 0 Å². The van der Waals surface area contributed by atoms with Gasteiger partial charge < -0.3 is 10.0 Å². The number of nitrogens with zero attached hydrogens (tertiary/aromatic N) is 1. The minimum absolute atomic E-state index is 0.374. The van der Waals surface area contributed by atoms with Gasteiger partial charge in [-0.15, -0.1) is 0 Å². The molecule has 0 aliphatic carbocycles. The number of carboxylic acid groups (broad SMARTS) is 1. The molecule has 0 aliphatic rings. The average molecular weight is 219 g/mol. The van der Waals surface area contributed by atoms with E-state index in [0.717, 1.165) is 5.69 Å². The number of hydrogen-bond donors (Lipinski definition) is 1. The van der Waals surface area contributed by atoms with Gasteiger partial charge in [-0.3, -0.25) is 0 Å². The van der Waals surface area contributed by atoms with E-state index in [-0.39, 0.29) is 0 Å². The summed E-state index contributed by atoms with van der Waals surface area (Å²) in [6.07, 6.45) is 1.71. The lowest BCUT2D eigenvalue weighted by molar-refractivity contribution is -0.132. The fraction of sp³-hybridized carbons (Fsp3) is 0.308. The molecule has 1 aromatic rings. The lowest BCUT2D eigenvalue weighted by Crippen LogP contribution is -2.17. The van der Waals surface area contributed by atoms with Crippen LogP contribution in [0.1, 0.15) is 12.5 Å². The third-order valence-electron chi connectivity index (χ3n) is 2.48. The molecule has 1 aromatic carbocycles. The molecule has 0 bridgehead atoms. The van der Waals surface area contributed by atoms with Crippen molar-refractivity contribution in [1.29, 1.82) is 0 Å². The summed E-state index contributed by atoms with van der Waals surface area (Å²) in [7, 11) is 1.94. The van der Waals surface area contributed by atoms with Crippen LogP contribution in [0.2, 0.25) is 0 Å². The van der Waals surface area contributed by atoms with Crippen molar-refractivity contribution in [3.05, 3.63) is 41.5 Å². The van der Waals surface area contributed by atoms with E-state index < -0.39 is 5.97 Å². The van der Waals surface area contributed by atoms with Crippen LogP contribution in [0.15, 0.2) is 35.9 Å². The van der Waals surface area contributed by atoms with Crippen molar-refractivity contribution < 1.29 is 9.90 Å². The number of hydrogen-bond acceptors (Lipinski definition) is 2. The van der Waals surface area contributed by atoms with Gasteiger partial charge in [0.05, 0.1) is 0 Å². The molecular formula is C13H17NO2. The molecule has 0 saturated heterocycles. The number of rotatable bonds is 4. The van der Waals surface area contributed by atoms with E-state index in [4.69, 9.17) is 5.11 Å². The third-order valence-corrected chi connectivity index (χ3v) is 2.48. The maximum atomic E-state index is 10.6. The molecule has 1 rings (SSSR count). The molecule has 0 amide bonds. The Balaban J connectivity index is 2.66. The molecule has 0 aliphatic heterocycles. The Kier molecular flexibility index (Phi) is 4.11. The molecule has 0 heterocycles. The van der Waals surface area contributed by atoms with Crippen molar-refractivity contribution >= 4 is 11.7 Å². The molecule has 0 fully saturated rings. The zero-order chi connectivity index (χ0) is 12.1. The lowest BCUT2D eigenvalue weighted by Gasteiger charge is -2.17. The van der Waals surface area contributed by atoms with Gasteiger partial charge in [-0.2, -0.15) is 0 Å². The lowest BCUT2D eigenvalue weighted by atomic mass is 10.2. The van der Waals surface area contributed by atoms with Crippen LogP contribution in [-0.4, -0.2) is 24.7 Å². The van der Waals surface area contributed by atoms with Gasteiger partial charge in [0.1, 0.15) is 0 Å². The van der Waals surface area contributed by atoms with E-state index in [1.165, 1.54) is 5.56 Å². The summed E-state index contributed by atoms with van der Waals surface area (Å²) < 4.78 is 0. The van der Waals surface area contributed by atoms with Crippen LogP contribution in [-0.2, 0) is 4.79 Å². The number of aliphatic carboxylic acids is 1. The molecule has 3 nitrogen and oxygen atoms in total. The quantitative estimate of drug-likeness (QED) is 0.791. The predicted octanol–water partition coefficient (Wildman–Crippen LogP) is 2.46. The van der Waals surface area contributed by atoms with E-state index in [1.54, 1.807) is 13.0 Å². The molecule has 0 unspecified atom stereocenters. The molecule has 3 heteroatoms. The van der Waals surface area contributed by atoms with Gasteiger partial charge in [-0.05, 0) is 26.0 Å². The number of benzene rings is 1. The maximum absolute atomic E-state index is 10.6. The van der Waals surface area contributed by atoms with Crippen LogP contribution in [0.5, 0.6) is 0 Å². The summed E-state index contributed by atoms with van der Waals surface area (Å²) in [6.45, 7) is 4.24. The molecule has 16 heavy (non-hydrogen) atoms. The molecular weight excluding hydrogens is 202 g/mol. The first-order chi connectivity index (χ1) is 7.50. The van der Waals surface area contributed by atoms with Gasteiger partial charge in [0.25, 0.3) is 0 Å². The van der Waals surface area contributed by atoms with Crippen LogP contribution in [0, 0.1) is 6.92 Å². The van der Waals surface area contributed by atoms with Crippen molar-refractivity contribution in [3.63, 3.8) is 0 Å².